The Hall–Kier alpha value is -1.32. The second-order valence-electron chi connectivity index (χ2n) is 6.68. The highest BCUT2D eigenvalue weighted by Gasteiger charge is 2.42. The molecule has 2 heterocycles. The fraction of sp³-hybridized carbons (Fsp3) is 0.556. The first-order valence-electron chi connectivity index (χ1n) is 8.25. The van der Waals surface area contributed by atoms with Gasteiger partial charge in [-0.2, -0.15) is 0 Å². The van der Waals surface area contributed by atoms with Crippen LogP contribution in [0.5, 0.6) is 0 Å². The monoisotopic (exact) mass is 284 g/mol. The SMILES string of the molecule is NCc1cc2ccccc2n1CC1CCC2(CCCC2)O1. The molecular weight excluding hydrogens is 260 g/mol. The highest BCUT2D eigenvalue weighted by Crippen LogP contribution is 2.43. The Bertz CT molecular complexity index is 640. The number of hydrogen-bond acceptors (Lipinski definition) is 2. The Morgan fingerprint density at radius 1 is 1.19 bits per heavy atom. The molecule has 1 aliphatic heterocycles. The van der Waals surface area contributed by atoms with Gasteiger partial charge >= 0.3 is 0 Å². The zero-order valence-electron chi connectivity index (χ0n) is 12.6. The lowest BCUT2D eigenvalue weighted by atomic mass is 9.98. The number of hydrogen-bond donors (Lipinski definition) is 1. The molecule has 3 nitrogen and oxygen atoms in total. The van der Waals surface area contributed by atoms with Crippen molar-refractivity contribution in [2.75, 3.05) is 0 Å². The Morgan fingerprint density at radius 2 is 2.00 bits per heavy atom. The lowest BCUT2D eigenvalue weighted by molar-refractivity contribution is -0.0416. The smallest absolute Gasteiger partial charge is 0.0762 e. The lowest BCUT2D eigenvalue weighted by Gasteiger charge is -2.24. The number of nitrogens with two attached hydrogens (primary N) is 1. The fourth-order valence-corrected chi connectivity index (χ4v) is 4.27. The molecule has 1 saturated heterocycles. The summed E-state index contributed by atoms with van der Waals surface area (Å²) in [6.07, 6.45) is 8.00. The zero-order chi connectivity index (χ0) is 14.3. The van der Waals surface area contributed by atoms with Crippen molar-refractivity contribution in [2.45, 2.75) is 63.3 Å². The molecule has 2 N–H and O–H groups in total. The van der Waals surface area contributed by atoms with Crippen molar-refractivity contribution in [3.05, 3.63) is 36.0 Å². The van der Waals surface area contributed by atoms with Crippen molar-refractivity contribution in [3.63, 3.8) is 0 Å². The third kappa shape index (κ3) is 2.29. The van der Waals surface area contributed by atoms with Crippen molar-refractivity contribution >= 4 is 10.9 Å². The van der Waals surface area contributed by atoms with E-state index in [1.807, 2.05) is 0 Å². The number of ether oxygens (including phenoxy) is 1. The van der Waals surface area contributed by atoms with Gasteiger partial charge in [-0.05, 0) is 43.2 Å². The molecule has 1 unspecified atom stereocenters. The van der Waals surface area contributed by atoms with E-state index < -0.39 is 0 Å². The van der Waals surface area contributed by atoms with Gasteiger partial charge < -0.3 is 15.0 Å². The molecule has 2 aliphatic rings. The number of aromatic nitrogens is 1. The molecule has 2 aromatic rings. The number of nitrogens with zero attached hydrogens (tertiary/aromatic N) is 1. The standard InChI is InChI=1S/C18H24N2O/c19-12-15-11-14-5-1-2-6-17(14)20(15)13-16-7-10-18(21-16)8-3-4-9-18/h1-2,5-6,11,16H,3-4,7-10,12-13,19H2. The van der Waals surface area contributed by atoms with Crippen LogP contribution in [-0.2, 0) is 17.8 Å². The van der Waals surface area contributed by atoms with Gasteiger partial charge in [0.25, 0.3) is 0 Å². The van der Waals surface area contributed by atoms with Crippen LogP contribution in [0.4, 0.5) is 0 Å². The number of benzene rings is 1. The number of para-hydroxylation sites is 1. The Morgan fingerprint density at radius 3 is 2.81 bits per heavy atom. The molecule has 1 saturated carbocycles. The van der Waals surface area contributed by atoms with E-state index in [2.05, 4.69) is 34.9 Å². The van der Waals surface area contributed by atoms with E-state index in [1.165, 1.54) is 55.1 Å². The summed E-state index contributed by atoms with van der Waals surface area (Å²) in [5, 5.41) is 1.28. The molecule has 4 rings (SSSR count). The molecular formula is C18H24N2O. The second kappa shape index (κ2) is 5.15. The summed E-state index contributed by atoms with van der Waals surface area (Å²) < 4.78 is 8.84. The summed E-state index contributed by atoms with van der Waals surface area (Å²) in [5.74, 6) is 0. The van der Waals surface area contributed by atoms with Crippen LogP contribution >= 0.6 is 0 Å². The minimum absolute atomic E-state index is 0.219. The fourth-order valence-electron chi connectivity index (χ4n) is 4.27. The van der Waals surface area contributed by atoms with E-state index in [-0.39, 0.29) is 5.60 Å². The highest BCUT2D eigenvalue weighted by molar-refractivity contribution is 5.81. The minimum atomic E-state index is 0.219. The van der Waals surface area contributed by atoms with Gasteiger partial charge in [0.05, 0.1) is 11.7 Å². The van der Waals surface area contributed by atoms with Crippen LogP contribution in [-0.4, -0.2) is 16.3 Å². The van der Waals surface area contributed by atoms with E-state index in [9.17, 15) is 0 Å². The van der Waals surface area contributed by atoms with Gasteiger partial charge in [0.15, 0.2) is 0 Å². The number of fused-ring (bicyclic) bond motifs is 1. The molecule has 112 valence electrons. The van der Waals surface area contributed by atoms with Crippen molar-refractivity contribution in [1.29, 1.82) is 0 Å². The summed E-state index contributed by atoms with van der Waals surface area (Å²) in [7, 11) is 0. The first-order chi connectivity index (χ1) is 10.3. The summed E-state index contributed by atoms with van der Waals surface area (Å²) in [6, 6.07) is 10.8. The first-order valence-corrected chi connectivity index (χ1v) is 8.25. The quantitative estimate of drug-likeness (QED) is 0.935. The first kappa shape index (κ1) is 13.4. The van der Waals surface area contributed by atoms with E-state index in [0.717, 1.165) is 6.54 Å². The molecule has 1 aromatic heterocycles. The van der Waals surface area contributed by atoms with E-state index >= 15 is 0 Å². The number of rotatable bonds is 3. The third-order valence-electron chi connectivity index (χ3n) is 5.35. The molecule has 1 aliphatic carbocycles. The molecule has 1 atom stereocenters. The van der Waals surface area contributed by atoms with Crippen molar-refractivity contribution in [3.8, 4) is 0 Å². The second-order valence-corrected chi connectivity index (χ2v) is 6.68. The Kier molecular flexibility index (Phi) is 3.27. The van der Waals surface area contributed by atoms with Crippen LogP contribution in [0.25, 0.3) is 10.9 Å². The van der Waals surface area contributed by atoms with Gasteiger partial charge in [0.1, 0.15) is 0 Å². The molecule has 1 aromatic carbocycles. The largest absolute Gasteiger partial charge is 0.370 e. The third-order valence-corrected chi connectivity index (χ3v) is 5.35. The summed E-state index contributed by atoms with van der Waals surface area (Å²) in [5.41, 5.74) is 8.66. The van der Waals surface area contributed by atoms with Gasteiger partial charge in [0, 0.05) is 24.3 Å². The molecule has 2 fully saturated rings. The predicted octanol–water partition coefficient (Wildman–Crippen LogP) is 3.59. The van der Waals surface area contributed by atoms with Crippen LogP contribution in [0.1, 0.15) is 44.2 Å². The molecule has 0 radical (unpaired) electrons. The summed E-state index contributed by atoms with van der Waals surface area (Å²) in [6.45, 7) is 1.54. The summed E-state index contributed by atoms with van der Waals surface area (Å²) >= 11 is 0. The molecule has 1 spiro atoms. The maximum atomic E-state index is 6.47. The van der Waals surface area contributed by atoms with Gasteiger partial charge in [-0.1, -0.05) is 31.0 Å². The lowest BCUT2D eigenvalue weighted by Crippen LogP contribution is -2.27. The van der Waals surface area contributed by atoms with Gasteiger partial charge in [0.2, 0.25) is 0 Å². The van der Waals surface area contributed by atoms with Crippen molar-refractivity contribution < 1.29 is 4.74 Å². The van der Waals surface area contributed by atoms with E-state index in [0.29, 0.717) is 12.6 Å². The predicted molar refractivity (Wildman–Crippen MR) is 85.1 cm³/mol. The normalized spacial score (nSPS) is 24.3. The molecule has 3 heteroatoms. The Labute approximate surface area is 126 Å². The highest BCUT2D eigenvalue weighted by atomic mass is 16.5. The van der Waals surface area contributed by atoms with Gasteiger partial charge in [-0.3, -0.25) is 0 Å². The summed E-state index contributed by atoms with van der Waals surface area (Å²) in [4.78, 5) is 0. The van der Waals surface area contributed by atoms with E-state index in [4.69, 9.17) is 10.5 Å². The maximum Gasteiger partial charge on any atom is 0.0762 e. The van der Waals surface area contributed by atoms with Gasteiger partial charge in [-0.25, -0.2) is 0 Å². The van der Waals surface area contributed by atoms with Crippen molar-refractivity contribution in [2.24, 2.45) is 5.73 Å². The van der Waals surface area contributed by atoms with Crippen LogP contribution in [0.15, 0.2) is 30.3 Å². The van der Waals surface area contributed by atoms with Crippen molar-refractivity contribution in [1.82, 2.24) is 4.57 Å². The van der Waals surface area contributed by atoms with Crippen LogP contribution in [0.3, 0.4) is 0 Å². The maximum absolute atomic E-state index is 6.47. The Balaban J connectivity index is 1.60. The minimum Gasteiger partial charge on any atom is -0.370 e. The molecule has 21 heavy (non-hydrogen) atoms. The average Bonchev–Trinajstić information content (AvgIpc) is 3.21. The molecule has 0 bridgehead atoms. The zero-order valence-corrected chi connectivity index (χ0v) is 12.6. The van der Waals surface area contributed by atoms with Gasteiger partial charge in [-0.15, -0.1) is 0 Å². The van der Waals surface area contributed by atoms with Crippen LogP contribution in [0, 0.1) is 0 Å². The van der Waals surface area contributed by atoms with E-state index in [1.54, 1.807) is 0 Å². The topological polar surface area (TPSA) is 40.2 Å². The van der Waals surface area contributed by atoms with Crippen LogP contribution in [0.2, 0.25) is 0 Å². The molecule has 0 amide bonds. The average molecular weight is 284 g/mol. The van der Waals surface area contributed by atoms with Crippen LogP contribution < -0.4 is 5.73 Å².